The van der Waals surface area contributed by atoms with Crippen LogP contribution in [0.4, 0.5) is 5.00 Å². The lowest BCUT2D eigenvalue weighted by atomic mass is 9.92. The Bertz CT molecular complexity index is 807. The number of thiophene rings is 1. The van der Waals surface area contributed by atoms with E-state index in [9.17, 15) is 13.2 Å². The minimum Gasteiger partial charge on any atom is -0.381 e. The molecule has 2 fully saturated rings. The summed E-state index contributed by atoms with van der Waals surface area (Å²) in [6, 6.07) is 0.414. The van der Waals surface area contributed by atoms with Crippen LogP contribution >= 0.6 is 11.3 Å². The Kier molecular flexibility index (Phi) is 6.69. The van der Waals surface area contributed by atoms with Gasteiger partial charge in [-0.25, -0.2) is 12.7 Å². The molecule has 0 spiro atoms. The van der Waals surface area contributed by atoms with Crippen LogP contribution in [0, 0.1) is 6.92 Å². The molecule has 3 heterocycles. The second-order valence-electron chi connectivity index (χ2n) is 7.70. The molecule has 7 nitrogen and oxygen atoms in total. The highest BCUT2D eigenvalue weighted by molar-refractivity contribution is 7.88. The van der Waals surface area contributed by atoms with Crippen LogP contribution in [0.5, 0.6) is 0 Å². The average Bonchev–Trinajstić information content (AvgIpc) is 3.00. The van der Waals surface area contributed by atoms with Gasteiger partial charge in [0.05, 0.1) is 16.8 Å². The van der Waals surface area contributed by atoms with E-state index in [-0.39, 0.29) is 11.8 Å². The summed E-state index contributed by atoms with van der Waals surface area (Å²) < 4.78 is 30.6. The Morgan fingerprint density at radius 1 is 1.25 bits per heavy atom. The Labute approximate surface area is 171 Å². The highest BCUT2D eigenvalue weighted by Gasteiger charge is 2.33. The van der Waals surface area contributed by atoms with Crippen molar-refractivity contribution in [2.45, 2.75) is 51.5 Å². The first-order valence-electron chi connectivity index (χ1n) is 9.96. The highest BCUT2D eigenvalue weighted by atomic mass is 32.2. The van der Waals surface area contributed by atoms with Gasteiger partial charge in [-0.1, -0.05) is 0 Å². The SMILES string of the molecule is CCN(c1sc(C2CCN(S(C)(=O)=O)CC2)c(C(N)=O)c1C)C1CCOCC1. The minimum absolute atomic E-state index is 0.173. The number of carbonyl (C=O) groups excluding carboxylic acids is 1. The van der Waals surface area contributed by atoms with Gasteiger partial charge in [0.2, 0.25) is 15.9 Å². The highest BCUT2D eigenvalue weighted by Crippen LogP contribution is 2.44. The van der Waals surface area contributed by atoms with Crippen LogP contribution in [-0.4, -0.2) is 63.8 Å². The third kappa shape index (κ3) is 4.37. The van der Waals surface area contributed by atoms with Gasteiger partial charge < -0.3 is 15.4 Å². The number of hydrogen-bond donors (Lipinski definition) is 1. The molecule has 158 valence electrons. The van der Waals surface area contributed by atoms with E-state index in [1.807, 2.05) is 6.92 Å². The van der Waals surface area contributed by atoms with Crippen molar-refractivity contribution in [2.24, 2.45) is 5.73 Å². The Hall–Kier alpha value is -1.16. The summed E-state index contributed by atoms with van der Waals surface area (Å²) in [6.07, 6.45) is 4.66. The molecular weight excluding hydrogens is 398 g/mol. The second-order valence-corrected chi connectivity index (χ2v) is 10.7. The van der Waals surface area contributed by atoms with Crippen molar-refractivity contribution in [3.05, 3.63) is 16.0 Å². The number of amides is 1. The van der Waals surface area contributed by atoms with Crippen molar-refractivity contribution in [1.29, 1.82) is 0 Å². The van der Waals surface area contributed by atoms with Gasteiger partial charge in [0.25, 0.3) is 0 Å². The topological polar surface area (TPSA) is 92.9 Å². The third-order valence-electron chi connectivity index (χ3n) is 5.92. The quantitative estimate of drug-likeness (QED) is 0.749. The molecule has 2 N–H and O–H groups in total. The fraction of sp³-hybridized carbons (Fsp3) is 0.737. The predicted octanol–water partition coefficient (Wildman–Crippen LogP) is 2.30. The number of hydrogen-bond acceptors (Lipinski definition) is 6. The molecule has 9 heteroatoms. The molecule has 2 aliphatic rings. The number of anilines is 1. The minimum atomic E-state index is -3.17. The van der Waals surface area contributed by atoms with Gasteiger partial charge in [0, 0.05) is 43.8 Å². The molecule has 2 saturated heterocycles. The molecule has 0 bridgehead atoms. The maximum absolute atomic E-state index is 12.3. The van der Waals surface area contributed by atoms with Crippen LogP contribution in [0.3, 0.4) is 0 Å². The fourth-order valence-electron chi connectivity index (χ4n) is 4.41. The second kappa shape index (κ2) is 8.69. The molecule has 1 amide bonds. The monoisotopic (exact) mass is 429 g/mol. The predicted molar refractivity (Wildman–Crippen MR) is 113 cm³/mol. The smallest absolute Gasteiger partial charge is 0.250 e. The van der Waals surface area contributed by atoms with Gasteiger partial charge in [0.1, 0.15) is 0 Å². The molecule has 0 radical (unpaired) electrons. The Balaban J connectivity index is 1.90. The normalized spacial score (nSPS) is 20.4. The lowest BCUT2D eigenvalue weighted by Crippen LogP contribution is -2.39. The fourth-order valence-corrected chi connectivity index (χ4v) is 6.90. The van der Waals surface area contributed by atoms with Crippen molar-refractivity contribution in [3.8, 4) is 0 Å². The summed E-state index contributed by atoms with van der Waals surface area (Å²) in [5.41, 5.74) is 7.38. The van der Waals surface area contributed by atoms with Crippen LogP contribution < -0.4 is 10.6 Å². The van der Waals surface area contributed by atoms with E-state index in [1.165, 1.54) is 10.6 Å². The number of nitrogens with zero attached hydrogens (tertiary/aromatic N) is 2. The molecule has 1 aromatic heterocycles. The van der Waals surface area contributed by atoms with Crippen molar-refractivity contribution in [1.82, 2.24) is 4.31 Å². The van der Waals surface area contributed by atoms with E-state index in [4.69, 9.17) is 10.5 Å². The zero-order valence-electron chi connectivity index (χ0n) is 16.9. The maximum atomic E-state index is 12.3. The molecule has 0 aromatic carbocycles. The number of primary amides is 1. The summed E-state index contributed by atoms with van der Waals surface area (Å²) in [5.74, 6) is -0.213. The zero-order chi connectivity index (χ0) is 20.5. The first-order chi connectivity index (χ1) is 13.2. The van der Waals surface area contributed by atoms with Crippen LogP contribution in [0.2, 0.25) is 0 Å². The van der Waals surface area contributed by atoms with Crippen molar-refractivity contribution < 1.29 is 17.9 Å². The van der Waals surface area contributed by atoms with E-state index in [0.717, 1.165) is 60.9 Å². The van der Waals surface area contributed by atoms with Gasteiger partial charge >= 0.3 is 0 Å². The first-order valence-corrected chi connectivity index (χ1v) is 12.6. The van der Waals surface area contributed by atoms with Gasteiger partial charge in [-0.15, -0.1) is 11.3 Å². The van der Waals surface area contributed by atoms with E-state index < -0.39 is 10.0 Å². The molecule has 0 aliphatic carbocycles. The van der Waals surface area contributed by atoms with Crippen molar-refractivity contribution >= 4 is 32.3 Å². The summed E-state index contributed by atoms with van der Waals surface area (Å²) in [7, 11) is -3.17. The Morgan fingerprint density at radius 2 is 1.86 bits per heavy atom. The van der Waals surface area contributed by atoms with Crippen LogP contribution in [0.1, 0.15) is 59.3 Å². The van der Waals surface area contributed by atoms with E-state index in [1.54, 1.807) is 11.3 Å². The molecule has 0 saturated carbocycles. The maximum Gasteiger partial charge on any atom is 0.250 e. The third-order valence-corrected chi connectivity index (χ3v) is 8.72. The summed E-state index contributed by atoms with van der Waals surface area (Å²) in [4.78, 5) is 15.7. The largest absolute Gasteiger partial charge is 0.381 e. The number of ether oxygens (including phenoxy) is 1. The van der Waals surface area contributed by atoms with Crippen molar-refractivity contribution in [3.63, 3.8) is 0 Å². The average molecular weight is 430 g/mol. The lowest BCUT2D eigenvalue weighted by Gasteiger charge is -2.35. The van der Waals surface area contributed by atoms with Gasteiger partial charge in [-0.2, -0.15) is 0 Å². The zero-order valence-corrected chi connectivity index (χ0v) is 18.6. The van der Waals surface area contributed by atoms with Gasteiger partial charge in [-0.05, 0) is 51.0 Å². The summed E-state index contributed by atoms with van der Waals surface area (Å²) in [5, 5.41) is 1.13. The molecule has 0 atom stereocenters. The molecule has 0 unspecified atom stereocenters. The number of rotatable bonds is 6. The van der Waals surface area contributed by atoms with Crippen LogP contribution in [-0.2, 0) is 14.8 Å². The summed E-state index contributed by atoms with van der Waals surface area (Å²) >= 11 is 1.67. The summed E-state index contributed by atoms with van der Waals surface area (Å²) in [6.45, 7) is 7.52. The number of piperidine rings is 1. The molecule has 1 aromatic rings. The molecule has 28 heavy (non-hydrogen) atoms. The number of sulfonamides is 1. The number of nitrogens with two attached hydrogens (primary N) is 1. The van der Waals surface area contributed by atoms with Gasteiger partial charge in [0.15, 0.2) is 0 Å². The van der Waals surface area contributed by atoms with E-state index in [2.05, 4.69) is 11.8 Å². The van der Waals surface area contributed by atoms with Gasteiger partial charge in [-0.3, -0.25) is 4.79 Å². The molecule has 2 aliphatic heterocycles. The standard InChI is InChI=1S/C19H31N3O4S2/c1-4-22(15-7-11-26-12-8-15)19-13(2)16(18(20)23)17(27-19)14-5-9-21(10-6-14)28(3,24)25/h14-15H,4-12H2,1-3H3,(H2,20,23). The van der Waals surface area contributed by atoms with E-state index >= 15 is 0 Å². The Morgan fingerprint density at radius 3 is 2.36 bits per heavy atom. The lowest BCUT2D eigenvalue weighted by molar-refractivity contribution is 0.0847. The van der Waals surface area contributed by atoms with Crippen LogP contribution in [0.25, 0.3) is 0 Å². The van der Waals surface area contributed by atoms with Crippen LogP contribution in [0.15, 0.2) is 0 Å². The first kappa shape index (κ1) is 21.5. The number of carbonyl (C=O) groups is 1. The van der Waals surface area contributed by atoms with E-state index in [0.29, 0.717) is 24.7 Å². The molecule has 3 rings (SSSR count). The molecular formula is C19H31N3O4S2. The van der Waals surface area contributed by atoms with Crippen molar-refractivity contribution in [2.75, 3.05) is 44.0 Å².